The number of likely N-dealkylation sites (tertiary alicyclic amines) is 1. The van der Waals surface area contributed by atoms with Gasteiger partial charge in [-0.1, -0.05) is 6.92 Å². The van der Waals surface area contributed by atoms with Gasteiger partial charge >= 0.3 is 5.97 Å². The second-order valence-corrected chi connectivity index (χ2v) is 6.02. The number of nitrogens with zero attached hydrogens (tertiary/aromatic N) is 1. The molecule has 1 aliphatic heterocycles. The lowest BCUT2D eigenvalue weighted by molar-refractivity contribution is 0.0438. The lowest BCUT2D eigenvalue weighted by atomic mass is 10.2. The van der Waals surface area contributed by atoms with Crippen molar-refractivity contribution in [1.29, 1.82) is 0 Å². The minimum atomic E-state index is -0.262. The summed E-state index contributed by atoms with van der Waals surface area (Å²) in [6, 6.07) is 8.32. The normalized spacial score (nSPS) is 21.8. The summed E-state index contributed by atoms with van der Waals surface area (Å²) in [4.78, 5) is 14.4. The van der Waals surface area contributed by atoms with Gasteiger partial charge in [-0.15, -0.1) is 0 Å². The summed E-state index contributed by atoms with van der Waals surface area (Å²) in [7, 11) is 0. The molecule has 1 aromatic carbocycles. The molecule has 0 saturated carbocycles. The van der Waals surface area contributed by atoms with E-state index in [0.717, 1.165) is 18.7 Å². The van der Waals surface area contributed by atoms with Crippen LogP contribution in [0.5, 0.6) is 5.75 Å². The molecule has 1 aliphatic rings. The van der Waals surface area contributed by atoms with E-state index in [1.54, 1.807) is 12.1 Å². The summed E-state index contributed by atoms with van der Waals surface area (Å²) in [5, 5.41) is 0. The molecule has 1 saturated heterocycles. The van der Waals surface area contributed by atoms with Crippen LogP contribution >= 0.6 is 0 Å². The van der Waals surface area contributed by atoms with E-state index >= 15 is 0 Å². The van der Waals surface area contributed by atoms with Crippen LogP contribution in [0.15, 0.2) is 24.3 Å². The number of ether oxygens (including phenoxy) is 2. The molecular formula is C18H27NO3. The van der Waals surface area contributed by atoms with Crippen molar-refractivity contribution in [1.82, 2.24) is 4.90 Å². The van der Waals surface area contributed by atoms with E-state index < -0.39 is 0 Å². The van der Waals surface area contributed by atoms with Crippen LogP contribution in [0.25, 0.3) is 0 Å². The third-order valence-corrected chi connectivity index (χ3v) is 4.28. The summed E-state index contributed by atoms with van der Waals surface area (Å²) < 4.78 is 10.9. The lowest BCUT2D eigenvalue weighted by Gasteiger charge is -2.25. The predicted molar refractivity (Wildman–Crippen MR) is 87.4 cm³/mol. The van der Waals surface area contributed by atoms with E-state index in [1.165, 1.54) is 12.8 Å². The zero-order valence-electron chi connectivity index (χ0n) is 13.9. The molecule has 2 atom stereocenters. The molecular weight excluding hydrogens is 278 g/mol. The summed E-state index contributed by atoms with van der Waals surface area (Å²) >= 11 is 0. The van der Waals surface area contributed by atoms with E-state index in [-0.39, 0.29) is 5.97 Å². The fourth-order valence-corrected chi connectivity index (χ4v) is 2.92. The highest BCUT2D eigenvalue weighted by Gasteiger charge is 2.26. The standard InChI is InChI=1S/C18H27NO3/c1-4-12-21-17-9-7-16(8-10-17)18(20)22-13-11-19-14(2)5-6-15(19)3/h7-10,14-15H,4-6,11-13H2,1-3H3/t14-,15-/m1/s1. The molecule has 1 fully saturated rings. The van der Waals surface area contributed by atoms with Crippen LogP contribution in [0.1, 0.15) is 50.4 Å². The maximum Gasteiger partial charge on any atom is 0.338 e. The number of rotatable bonds is 7. The SMILES string of the molecule is CCCOc1ccc(C(=O)OCCN2[C@H](C)CC[C@H]2C)cc1. The van der Waals surface area contributed by atoms with E-state index in [0.29, 0.717) is 30.9 Å². The Hall–Kier alpha value is -1.55. The first-order valence-corrected chi connectivity index (χ1v) is 8.27. The van der Waals surface area contributed by atoms with E-state index in [4.69, 9.17) is 9.47 Å². The van der Waals surface area contributed by atoms with Crippen molar-refractivity contribution in [3.05, 3.63) is 29.8 Å². The Morgan fingerprint density at radius 2 is 1.77 bits per heavy atom. The number of hydrogen-bond donors (Lipinski definition) is 0. The Balaban J connectivity index is 1.77. The van der Waals surface area contributed by atoms with Gasteiger partial charge in [0.15, 0.2) is 0 Å². The van der Waals surface area contributed by atoms with Crippen molar-refractivity contribution in [3.8, 4) is 5.75 Å². The Bertz CT molecular complexity index is 462. The smallest absolute Gasteiger partial charge is 0.338 e. The number of hydrogen-bond acceptors (Lipinski definition) is 4. The van der Waals surface area contributed by atoms with Gasteiger partial charge in [0.25, 0.3) is 0 Å². The first-order valence-electron chi connectivity index (χ1n) is 8.27. The van der Waals surface area contributed by atoms with Gasteiger partial charge in [0, 0.05) is 18.6 Å². The highest BCUT2D eigenvalue weighted by Crippen LogP contribution is 2.22. The van der Waals surface area contributed by atoms with Gasteiger partial charge in [0.05, 0.1) is 12.2 Å². The van der Waals surface area contributed by atoms with Gasteiger partial charge in [0.1, 0.15) is 12.4 Å². The van der Waals surface area contributed by atoms with E-state index in [9.17, 15) is 4.79 Å². The van der Waals surface area contributed by atoms with Crippen LogP contribution < -0.4 is 4.74 Å². The first-order chi connectivity index (χ1) is 10.6. The average Bonchev–Trinajstić information content (AvgIpc) is 2.85. The fourth-order valence-electron chi connectivity index (χ4n) is 2.92. The van der Waals surface area contributed by atoms with Gasteiger partial charge in [-0.2, -0.15) is 0 Å². The molecule has 0 aliphatic carbocycles. The molecule has 0 bridgehead atoms. The van der Waals surface area contributed by atoms with Crippen LogP contribution in [0.3, 0.4) is 0 Å². The number of carbonyl (C=O) groups excluding carboxylic acids is 1. The molecule has 1 aromatic rings. The Morgan fingerprint density at radius 3 is 2.36 bits per heavy atom. The van der Waals surface area contributed by atoms with Gasteiger partial charge in [0.2, 0.25) is 0 Å². The molecule has 1 heterocycles. The van der Waals surface area contributed by atoms with Crippen LogP contribution in [0.4, 0.5) is 0 Å². The minimum Gasteiger partial charge on any atom is -0.494 e. The molecule has 2 rings (SSSR count). The average molecular weight is 305 g/mol. The van der Waals surface area contributed by atoms with Crippen LogP contribution in [0.2, 0.25) is 0 Å². The molecule has 4 nitrogen and oxygen atoms in total. The van der Waals surface area contributed by atoms with Gasteiger partial charge in [-0.05, 0) is 57.4 Å². The van der Waals surface area contributed by atoms with E-state index in [1.807, 2.05) is 12.1 Å². The molecule has 0 N–H and O–H groups in total. The zero-order valence-corrected chi connectivity index (χ0v) is 13.9. The van der Waals surface area contributed by atoms with Crippen molar-refractivity contribution < 1.29 is 14.3 Å². The molecule has 0 spiro atoms. The highest BCUT2D eigenvalue weighted by atomic mass is 16.5. The summed E-state index contributed by atoms with van der Waals surface area (Å²) in [5.74, 6) is 0.527. The predicted octanol–water partition coefficient (Wildman–Crippen LogP) is 3.51. The monoisotopic (exact) mass is 305 g/mol. The first kappa shape index (κ1) is 16.8. The third-order valence-electron chi connectivity index (χ3n) is 4.28. The van der Waals surface area contributed by atoms with E-state index in [2.05, 4.69) is 25.7 Å². The third kappa shape index (κ3) is 4.47. The Labute approximate surface area is 133 Å². The summed E-state index contributed by atoms with van der Waals surface area (Å²) in [5.41, 5.74) is 0.575. The van der Waals surface area contributed by atoms with Crippen molar-refractivity contribution >= 4 is 5.97 Å². The molecule has 4 heteroatoms. The number of carbonyl (C=O) groups is 1. The van der Waals surface area contributed by atoms with Crippen molar-refractivity contribution in [2.45, 2.75) is 52.1 Å². The fraction of sp³-hybridized carbons (Fsp3) is 0.611. The Kier molecular flexibility index (Phi) is 6.25. The lowest BCUT2D eigenvalue weighted by Crippen LogP contribution is -2.35. The van der Waals surface area contributed by atoms with Gasteiger partial charge in [-0.25, -0.2) is 4.79 Å². The quantitative estimate of drug-likeness (QED) is 0.723. The van der Waals surface area contributed by atoms with Crippen LogP contribution in [-0.2, 0) is 4.74 Å². The molecule has 22 heavy (non-hydrogen) atoms. The molecule has 0 aromatic heterocycles. The maximum absolute atomic E-state index is 12.0. The summed E-state index contributed by atoms with van der Waals surface area (Å²) in [6.45, 7) is 8.48. The number of benzene rings is 1. The molecule has 0 unspecified atom stereocenters. The summed E-state index contributed by atoms with van der Waals surface area (Å²) in [6.07, 6.45) is 3.43. The second kappa shape index (κ2) is 8.18. The van der Waals surface area contributed by atoms with Crippen molar-refractivity contribution in [2.24, 2.45) is 0 Å². The van der Waals surface area contributed by atoms with Gasteiger partial charge in [-0.3, -0.25) is 4.90 Å². The molecule has 122 valence electrons. The highest BCUT2D eigenvalue weighted by molar-refractivity contribution is 5.89. The van der Waals surface area contributed by atoms with Crippen LogP contribution in [0, 0.1) is 0 Å². The molecule has 0 amide bonds. The van der Waals surface area contributed by atoms with Crippen molar-refractivity contribution in [2.75, 3.05) is 19.8 Å². The zero-order chi connectivity index (χ0) is 15.9. The largest absolute Gasteiger partial charge is 0.494 e. The minimum absolute atomic E-state index is 0.262. The topological polar surface area (TPSA) is 38.8 Å². The maximum atomic E-state index is 12.0. The van der Waals surface area contributed by atoms with Crippen LogP contribution in [-0.4, -0.2) is 42.7 Å². The second-order valence-electron chi connectivity index (χ2n) is 6.02. The molecule has 0 radical (unpaired) electrons. The number of esters is 1. The van der Waals surface area contributed by atoms with Gasteiger partial charge < -0.3 is 9.47 Å². The van der Waals surface area contributed by atoms with Crippen molar-refractivity contribution in [3.63, 3.8) is 0 Å². The Morgan fingerprint density at radius 1 is 1.14 bits per heavy atom.